The minimum atomic E-state index is -0.204. The first-order valence-electron chi connectivity index (χ1n) is 8.51. The standard InChI is InChI=1S/C18H23ClN2O5/c1-24-6-7-25-8-15(22)20-17-10-18(11-17,12-17)21-16(23)9-26-14-4-2-13(19)3-5-14/h2-5H,6-12H2,1H3,(H,20,22)(H,21,23). The number of carbonyl (C=O) groups is 2. The Bertz CT molecular complexity index is 644. The molecule has 1 aromatic carbocycles. The fourth-order valence-electron chi connectivity index (χ4n) is 3.70. The number of hydrogen-bond acceptors (Lipinski definition) is 5. The first-order valence-corrected chi connectivity index (χ1v) is 8.89. The van der Waals surface area contributed by atoms with E-state index in [-0.39, 0.29) is 36.1 Å². The third kappa shape index (κ3) is 4.47. The third-order valence-corrected chi connectivity index (χ3v) is 4.94. The molecule has 2 N–H and O–H groups in total. The Hall–Kier alpha value is -1.83. The fraction of sp³-hybridized carbons (Fsp3) is 0.556. The second-order valence-electron chi connectivity index (χ2n) is 6.98. The quantitative estimate of drug-likeness (QED) is 0.595. The van der Waals surface area contributed by atoms with Crippen LogP contribution in [0.25, 0.3) is 0 Å². The summed E-state index contributed by atoms with van der Waals surface area (Å²) in [6.45, 7) is 0.839. The number of hydrogen-bond donors (Lipinski definition) is 2. The summed E-state index contributed by atoms with van der Waals surface area (Å²) in [6.07, 6.45) is 2.24. The molecule has 3 aliphatic carbocycles. The molecule has 0 heterocycles. The van der Waals surface area contributed by atoms with Gasteiger partial charge in [0.25, 0.3) is 5.91 Å². The first kappa shape index (κ1) is 18.9. The van der Waals surface area contributed by atoms with Crippen molar-refractivity contribution in [1.29, 1.82) is 0 Å². The van der Waals surface area contributed by atoms with E-state index in [1.165, 1.54) is 0 Å². The smallest absolute Gasteiger partial charge is 0.258 e. The van der Waals surface area contributed by atoms with E-state index < -0.39 is 0 Å². The van der Waals surface area contributed by atoms with E-state index >= 15 is 0 Å². The Morgan fingerprint density at radius 1 is 1.00 bits per heavy atom. The molecule has 3 aliphatic rings. The SMILES string of the molecule is COCCOCC(=O)NC12CC(NC(=O)COc3ccc(Cl)cc3)(C1)C2. The summed E-state index contributed by atoms with van der Waals surface area (Å²) in [4.78, 5) is 23.9. The zero-order chi connectivity index (χ0) is 18.6. The van der Waals surface area contributed by atoms with E-state index in [1.807, 2.05) is 0 Å². The second-order valence-corrected chi connectivity index (χ2v) is 7.41. The number of ether oxygens (including phenoxy) is 3. The topological polar surface area (TPSA) is 85.9 Å². The summed E-state index contributed by atoms with van der Waals surface area (Å²) in [5.74, 6) is 0.300. The van der Waals surface area contributed by atoms with Crippen molar-refractivity contribution in [3.8, 4) is 5.75 Å². The Kier molecular flexibility index (Phi) is 5.70. The van der Waals surface area contributed by atoms with Crippen molar-refractivity contribution in [2.75, 3.05) is 33.5 Å². The van der Waals surface area contributed by atoms with Gasteiger partial charge >= 0.3 is 0 Å². The van der Waals surface area contributed by atoms with Gasteiger partial charge in [0.2, 0.25) is 5.91 Å². The molecule has 4 rings (SSSR count). The zero-order valence-electron chi connectivity index (χ0n) is 14.7. The van der Waals surface area contributed by atoms with Crippen LogP contribution in [0.2, 0.25) is 5.02 Å². The van der Waals surface area contributed by atoms with Crippen molar-refractivity contribution < 1.29 is 23.8 Å². The Labute approximate surface area is 157 Å². The van der Waals surface area contributed by atoms with Crippen LogP contribution in [0.5, 0.6) is 5.75 Å². The fourth-order valence-corrected chi connectivity index (χ4v) is 3.83. The minimum Gasteiger partial charge on any atom is -0.484 e. The minimum absolute atomic E-state index is 0.0272. The third-order valence-electron chi connectivity index (χ3n) is 4.69. The summed E-state index contributed by atoms with van der Waals surface area (Å²) in [5, 5.41) is 6.62. The van der Waals surface area contributed by atoms with Gasteiger partial charge in [0.1, 0.15) is 12.4 Å². The molecule has 2 bridgehead atoms. The van der Waals surface area contributed by atoms with Crippen molar-refractivity contribution in [2.45, 2.75) is 30.3 Å². The van der Waals surface area contributed by atoms with Crippen LogP contribution in [0.3, 0.4) is 0 Å². The maximum Gasteiger partial charge on any atom is 0.258 e. The average molecular weight is 383 g/mol. The number of carbonyl (C=O) groups excluding carboxylic acids is 2. The molecule has 3 saturated carbocycles. The highest BCUT2D eigenvalue weighted by atomic mass is 35.5. The molecule has 1 aromatic rings. The van der Waals surface area contributed by atoms with Gasteiger partial charge in [0, 0.05) is 23.2 Å². The van der Waals surface area contributed by atoms with Crippen LogP contribution in [0.15, 0.2) is 24.3 Å². The molecule has 142 valence electrons. The predicted octanol–water partition coefficient (Wildman–Crippen LogP) is 1.29. The molecule has 2 amide bonds. The first-order chi connectivity index (χ1) is 12.4. The maximum atomic E-state index is 12.1. The van der Waals surface area contributed by atoms with Crippen LogP contribution in [0.4, 0.5) is 0 Å². The van der Waals surface area contributed by atoms with E-state index in [9.17, 15) is 9.59 Å². The van der Waals surface area contributed by atoms with Crippen LogP contribution in [-0.4, -0.2) is 56.4 Å². The highest BCUT2D eigenvalue weighted by Gasteiger charge is 2.69. The number of halogens is 1. The number of rotatable bonds is 10. The van der Waals surface area contributed by atoms with Crippen molar-refractivity contribution in [3.63, 3.8) is 0 Å². The van der Waals surface area contributed by atoms with Crippen molar-refractivity contribution in [3.05, 3.63) is 29.3 Å². The van der Waals surface area contributed by atoms with Crippen LogP contribution in [0, 0.1) is 0 Å². The molecule has 7 nitrogen and oxygen atoms in total. The molecule has 3 fully saturated rings. The zero-order valence-corrected chi connectivity index (χ0v) is 15.4. The number of methoxy groups -OCH3 is 1. The van der Waals surface area contributed by atoms with Gasteiger partial charge < -0.3 is 24.8 Å². The number of amides is 2. The van der Waals surface area contributed by atoms with Gasteiger partial charge in [-0.2, -0.15) is 0 Å². The van der Waals surface area contributed by atoms with Gasteiger partial charge in [-0.3, -0.25) is 9.59 Å². The number of benzene rings is 1. The Balaban J connectivity index is 1.33. The van der Waals surface area contributed by atoms with Crippen molar-refractivity contribution in [2.24, 2.45) is 0 Å². The highest BCUT2D eigenvalue weighted by Crippen LogP contribution is 2.60. The van der Waals surface area contributed by atoms with Crippen LogP contribution in [-0.2, 0) is 19.1 Å². The molecule has 8 heteroatoms. The largest absolute Gasteiger partial charge is 0.484 e. The molecule has 26 heavy (non-hydrogen) atoms. The maximum absolute atomic E-state index is 12.1. The van der Waals surface area contributed by atoms with E-state index in [0.717, 1.165) is 19.3 Å². The van der Waals surface area contributed by atoms with E-state index in [4.69, 9.17) is 25.8 Å². The molecule has 0 aromatic heterocycles. The lowest BCUT2D eigenvalue weighted by Crippen LogP contribution is -2.84. The van der Waals surface area contributed by atoms with Crippen LogP contribution < -0.4 is 15.4 Å². The van der Waals surface area contributed by atoms with Gasteiger partial charge in [0.05, 0.1) is 13.2 Å². The monoisotopic (exact) mass is 382 g/mol. The molecule has 0 aliphatic heterocycles. The van der Waals surface area contributed by atoms with Gasteiger partial charge in [-0.25, -0.2) is 0 Å². The molecule has 0 radical (unpaired) electrons. The molecule has 0 unspecified atom stereocenters. The molecule has 0 saturated heterocycles. The summed E-state index contributed by atoms with van der Waals surface area (Å²) < 4.78 is 15.5. The van der Waals surface area contributed by atoms with E-state index in [0.29, 0.717) is 24.0 Å². The van der Waals surface area contributed by atoms with Gasteiger partial charge in [0.15, 0.2) is 6.61 Å². The summed E-state index contributed by atoms with van der Waals surface area (Å²) >= 11 is 5.81. The summed E-state index contributed by atoms with van der Waals surface area (Å²) in [7, 11) is 1.58. The van der Waals surface area contributed by atoms with Crippen LogP contribution in [0.1, 0.15) is 19.3 Å². The number of nitrogens with one attached hydrogen (secondary N) is 2. The highest BCUT2D eigenvalue weighted by molar-refractivity contribution is 6.30. The predicted molar refractivity (Wildman–Crippen MR) is 95.2 cm³/mol. The van der Waals surface area contributed by atoms with Crippen molar-refractivity contribution >= 4 is 23.4 Å². The van der Waals surface area contributed by atoms with E-state index in [1.54, 1.807) is 31.4 Å². The Morgan fingerprint density at radius 2 is 1.58 bits per heavy atom. The van der Waals surface area contributed by atoms with Gasteiger partial charge in [-0.05, 0) is 43.5 Å². The average Bonchev–Trinajstić information content (AvgIpc) is 2.55. The van der Waals surface area contributed by atoms with Gasteiger partial charge in [-0.1, -0.05) is 11.6 Å². The van der Waals surface area contributed by atoms with E-state index in [2.05, 4.69) is 10.6 Å². The molecule has 0 spiro atoms. The summed E-state index contributed by atoms with van der Waals surface area (Å²) in [5.41, 5.74) is -0.392. The Morgan fingerprint density at radius 3 is 2.15 bits per heavy atom. The lowest BCUT2D eigenvalue weighted by molar-refractivity contribution is -0.152. The lowest BCUT2D eigenvalue weighted by Gasteiger charge is -2.70. The second kappa shape index (κ2) is 7.82. The van der Waals surface area contributed by atoms with Crippen LogP contribution >= 0.6 is 11.6 Å². The lowest BCUT2D eigenvalue weighted by atomic mass is 9.44. The summed E-state index contributed by atoms with van der Waals surface area (Å²) in [6, 6.07) is 6.86. The van der Waals surface area contributed by atoms with Gasteiger partial charge in [-0.15, -0.1) is 0 Å². The molecular formula is C18H23ClN2O5. The molecule has 0 atom stereocenters. The van der Waals surface area contributed by atoms with Crippen molar-refractivity contribution in [1.82, 2.24) is 10.6 Å². The normalized spacial score (nSPS) is 25.6. The molecular weight excluding hydrogens is 360 g/mol.